The predicted octanol–water partition coefficient (Wildman–Crippen LogP) is 5.18. The molecule has 0 aliphatic heterocycles. The molecule has 0 bridgehead atoms. The van der Waals surface area contributed by atoms with E-state index in [1.54, 1.807) is 6.08 Å². The zero-order valence-electron chi connectivity index (χ0n) is 15.9. The lowest BCUT2D eigenvalue weighted by molar-refractivity contribution is -0.115. The molecule has 1 aromatic rings. The lowest BCUT2D eigenvalue weighted by Gasteiger charge is -2.55. The van der Waals surface area contributed by atoms with E-state index in [9.17, 15) is 9.90 Å². The van der Waals surface area contributed by atoms with E-state index in [0.29, 0.717) is 5.92 Å². The maximum Gasteiger partial charge on any atom is 0.182 e. The van der Waals surface area contributed by atoms with Crippen LogP contribution in [0, 0.1) is 16.7 Å². The summed E-state index contributed by atoms with van der Waals surface area (Å²) in [6.07, 6.45) is 7.19. The Morgan fingerprint density at radius 2 is 1.84 bits per heavy atom. The Kier molecular flexibility index (Phi) is 4.76. The van der Waals surface area contributed by atoms with Gasteiger partial charge in [0.05, 0.1) is 6.10 Å². The first-order chi connectivity index (χ1) is 11.8. The van der Waals surface area contributed by atoms with E-state index >= 15 is 0 Å². The largest absolute Gasteiger partial charge is 0.389 e. The maximum absolute atomic E-state index is 13.1. The molecule has 1 saturated carbocycles. The molecular weight excluding hydrogens is 308 g/mol. The molecule has 0 heterocycles. The zero-order chi connectivity index (χ0) is 18.2. The number of hydrogen-bond acceptors (Lipinski definition) is 2. The van der Waals surface area contributed by atoms with Crippen LogP contribution in [0.15, 0.2) is 47.6 Å². The van der Waals surface area contributed by atoms with Gasteiger partial charge >= 0.3 is 0 Å². The van der Waals surface area contributed by atoms with E-state index in [0.717, 1.165) is 36.0 Å². The Bertz CT molecular complexity index is 711. The predicted molar refractivity (Wildman–Crippen MR) is 103 cm³/mol. The fourth-order valence-electron chi connectivity index (χ4n) is 5.31. The maximum atomic E-state index is 13.1. The van der Waals surface area contributed by atoms with Crippen molar-refractivity contribution in [1.82, 2.24) is 0 Å². The molecule has 1 N–H and O–H groups in total. The minimum atomic E-state index is -0.500. The van der Waals surface area contributed by atoms with E-state index in [4.69, 9.17) is 0 Å². The first-order valence-electron chi connectivity index (χ1n) is 9.42. The second-order valence-electron chi connectivity index (χ2n) is 8.73. The smallest absolute Gasteiger partial charge is 0.182 e. The summed E-state index contributed by atoms with van der Waals surface area (Å²) in [5.74, 6) is 0.404. The van der Waals surface area contributed by atoms with Gasteiger partial charge in [-0.3, -0.25) is 4.79 Å². The number of carbonyl (C=O) groups is 1. The Balaban J connectivity index is 1.98. The fourth-order valence-corrected chi connectivity index (χ4v) is 5.31. The van der Waals surface area contributed by atoms with Crippen LogP contribution in [0.2, 0.25) is 0 Å². The van der Waals surface area contributed by atoms with Crippen molar-refractivity contribution in [1.29, 1.82) is 0 Å². The van der Waals surface area contributed by atoms with Crippen molar-refractivity contribution in [2.75, 3.05) is 0 Å². The molecule has 3 rings (SSSR count). The molecule has 1 aromatic carbocycles. The number of rotatable bonds is 3. The molecule has 0 amide bonds. The van der Waals surface area contributed by atoms with Crippen LogP contribution < -0.4 is 0 Å². The van der Waals surface area contributed by atoms with Crippen LogP contribution in [0.3, 0.4) is 0 Å². The second-order valence-corrected chi connectivity index (χ2v) is 8.73. The molecule has 2 aliphatic rings. The van der Waals surface area contributed by atoms with Crippen molar-refractivity contribution in [2.45, 2.75) is 59.5 Å². The summed E-state index contributed by atoms with van der Waals surface area (Å²) in [5, 5.41) is 10.6. The van der Waals surface area contributed by atoms with Crippen molar-refractivity contribution in [3.63, 3.8) is 0 Å². The highest BCUT2D eigenvalue weighted by Crippen LogP contribution is 2.59. The average Bonchev–Trinajstić information content (AvgIpc) is 2.56. The van der Waals surface area contributed by atoms with Crippen molar-refractivity contribution in [3.8, 4) is 0 Å². The van der Waals surface area contributed by atoms with Crippen LogP contribution >= 0.6 is 0 Å². The Labute approximate surface area is 151 Å². The second kappa shape index (κ2) is 6.57. The van der Waals surface area contributed by atoms with Crippen LogP contribution in [0.1, 0.15) is 58.9 Å². The van der Waals surface area contributed by atoms with Crippen LogP contribution in [0.4, 0.5) is 0 Å². The van der Waals surface area contributed by atoms with Gasteiger partial charge in [0.25, 0.3) is 0 Å². The highest BCUT2D eigenvalue weighted by molar-refractivity contribution is 6.08. The normalized spacial score (nSPS) is 31.9. The third-order valence-corrected chi connectivity index (χ3v) is 6.63. The van der Waals surface area contributed by atoms with Gasteiger partial charge in [-0.2, -0.15) is 0 Å². The summed E-state index contributed by atoms with van der Waals surface area (Å²) in [7, 11) is 0. The summed E-state index contributed by atoms with van der Waals surface area (Å²) < 4.78 is 0. The van der Waals surface area contributed by atoms with Gasteiger partial charge in [0.1, 0.15) is 0 Å². The number of allylic oxidation sites excluding steroid dienone is 2. The first-order valence-corrected chi connectivity index (χ1v) is 9.42. The van der Waals surface area contributed by atoms with Gasteiger partial charge in [-0.15, -0.1) is 0 Å². The number of fused-ring (bicyclic) bond motifs is 1. The van der Waals surface area contributed by atoms with Crippen molar-refractivity contribution < 1.29 is 9.90 Å². The van der Waals surface area contributed by atoms with Crippen LogP contribution in [-0.2, 0) is 4.79 Å². The number of ketones is 1. The first kappa shape index (κ1) is 18.1. The minimum Gasteiger partial charge on any atom is -0.389 e. The van der Waals surface area contributed by atoms with E-state index in [1.165, 1.54) is 6.42 Å². The number of carbonyl (C=O) groups excluding carboxylic acids is 1. The summed E-state index contributed by atoms with van der Waals surface area (Å²) in [5.41, 5.74) is 2.78. The quantitative estimate of drug-likeness (QED) is 0.771. The number of benzene rings is 1. The van der Waals surface area contributed by atoms with Gasteiger partial charge in [-0.1, -0.05) is 63.6 Å². The summed E-state index contributed by atoms with van der Waals surface area (Å²) in [4.78, 5) is 13.1. The third-order valence-electron chi connectivity index (χ3n) is 6.63. The van der Waals surface area contributed by atoms with Gasteiger partial charge in [-0.25, -0.2) is 0 Å². The number of aliphatic hydroxyl groups excluding tert-OH is 1. The summed E-state index contributed by atoms with van der Waals surface area (Å²) in [6.45, 7) is 8.78. The molecule has 1 fully saturated rings. The third kappa shape index (κ3) is 3.25. The summed E-state index contributed by atoms with van der Waals surface area (Å²) in [6, 6.07) is 9.91. The Morgan fingerprint density at radius 1 is 1.16 bits per heavy atom. The van der Waals surface area contributed by atoms with E-state index in [1.807, 2.05) is 43.3 Å². The van der Waals surface area contributed by atoms with E-state index in [-0.39, 0.29) is 16.6 Å². The standard InChI is InChI=1S/C23H30O2/c1-16-19(25)15-20-22(2,3)13-8-14-23(20,4)21(16)18(24)12-11-17-9-6-5-7-10-17/h5-7,9-12,19-20,25H,8,13-15H2,1-4H3/b12-11+/t19?,20-,23-/m1/s1. The molecule has 0 saturated heterocycles. The van der Waals surface area contributed by atoms with Gasteiger partial charge < -0.3 is 5.11 Å². The molecule has 2 aliphatic carbocycles. The van der Waals surface area contributed by atoms with E-state index < -0.39 is 6.10 Å². The molecule has 2 heteroatoms. The van der Waals surface area contributed by atoms with Gasteiger partial charge in [0.15, 0.2) is 5.78 Å². The SMILES string of the molecule is CC1=C(C(=O)/C=C/c2ccccc2)[C@]2(C)CCCC(C)(C)[C@H]2CC1O. The molecule has 0 spiro atoms. The van der Waals surface area contributed by atoms with Gasteiger partial charge in [-0.05, 0) is 60.1 Å². The lowest BCUT2D eigenvalue weighted by Crippen LogP contribution is -2.49. The van der Waals surface area contributed by atoms with E-state index in [2.05, 4.69) is 20.8 Å². The Morgan fingerprint density at radius 3 is 2.52 bits per heavy atom. The van der Waals surface area contributed by atoms with Crippen molar-refractivity contribution >= 4 is 11.9 Å². The molecule has 25 heavy (non-hydrogen) atoms. The molecule has 134 valence electrons. The topological polar surface area (TPSA) is 37.3 Å². The highest BCUT2D eigenvalue weighted by atomic mass is 16.3. The zero-order valence-corrected chi connectivity index (χ0v) is 15.9. The molecule has 2 nitrogen and oxygen atoms in total. The average molecular weight is 338 g/mol. The Hall–Kier alpha value is -1.67. The minimum absolute atomic E-state index is 0.0605. The monoisotopic (exact) mass is 338 g/mol. The molecule has 0 radical (unpaired) electrons. The van der Waals surface area contributed by atoms with Crippen LogP contribution in [0.25, 0.3) is 6.08 Å². The fraction of sp³-hybridized carbons (Fsp3) is 0.522. The molecule has 0 aromatic heterocycles. The number of aliphatic hydroxyl groups is 1. The summed E-state index contributed by atoms with van der Waals surface area (Å²) >= 11 is 0. The van der Waals surface area contributed by atoms with Crippen molar-refractivity contribution in [3.05, 3.63) is 53.1 Å². The molecular formula is C23H30O2. The highest BCUT2D eigenvalue weighted by Gasteiger charge is 2.53. The lowest BCUT2D eigenvalue weighted by atomic mass is 9.49. The molecule has 1 unspecified atom stereocenters. The van der Waals surface area contributed by atoms with Gasteiger partial charge in [0.2, 0.25) is 0 Å². The van der Waals surface area contributed by atoms with Crippen molar-refractivity contribution in [2.24, 2.45) is 16.7 Å². The van der Waals surface area contributed by atoms with Crippen LogP contribution in [0.5, 0.6) is 0 Å². The van der Waals surface area contributed by atoms with Gasteiger partial charge in [0, 0.05) is 5.57 Å². The van der Waals surface area contributed by atoms with Crippen LogP contribution in [-0.4, -0.2) is 17.0 Å². The molecule has 3 atom stereocenters. The number of hydrogen-bond donors (Lipinski definition) is 1.